The summed E-state index contributed by atoms with van der Waals surface area (Å²) in [4.78, 5) is 23.9. The van der Waals surface area contributed by atoms with Gasteiger partial charge in [-0.2, -0.15) is 0 Å². The van der Waals surface area contributed by atoms with Crippen LogP contribution in [0.1, 0.15) is 37.8 Å². The lowest BCUT2D eigenvalue weighted by Crippen LogP contribution is -2.45. The predicted octanol–water partition coefficient (Wildman–Crippen LogP) is 3.53. The molecule has 1 fully saturated rings. The lowest BCUT2D eigenvalue weighted by Gasteiger charge is -2.37. The Labute approximate surface area is 175 Å². The third-order valence-corrected chi connectivity index (χ3v) is 5.51. The average Bonchev–Trinajstić information content (AvgIpc) is 3.03. The molecule has 2 aliphatic rings. The van der Waals surface area contributed by atoms with Gasteiger partial charge < -0.3 is 15.1 Å². The van der Waals surface area contributed by atoms with Gasteiger partial charge in [0.1, 0.15) is 0 Å². The first kappa shape index (κ1) is 20.2. The molecule has 30 heavy (non-hydrogen) atoms. The minimum Gasteiger partial charge on any atom is -0.381 e. The van der Waals surface area contributed by atoms with Crippen LogP contribution >= 0.6 is 0 Å². The van der Waals surface area contributed by atoms with Crippen LogP contribution < -0.4 is 10.2 Å². The fourth-order valence-electron chi connectivity index (χ4n) is 3.80. The summed E-state index contributed by atoms with van der Waals surface area (Å²) in [5.74, 6) is -0.267. The van der Waals surface area contributed by atoms with E-state index < -0.39 is 5.60 Å². The van der Waals surface area contributed by atoms with Gasteiger partial charge in [-0.05, 0) is 50.9 Å². The molecule has 2 aromatic rings. The molecule has 1 aromatic heterocycles. The molecule has 6 nitrogen and oxygen atoms in total. The number of carbonyl (C=O) groups is 1. The highest BCUT2D eigenvalue weighted by molar-refractivity contribution is 6.49. The first-order valence-electron chi connectivity index (χ1n) is 10.1. The maximum atomic E-state index is 14.6. The molecule has 0 aliphatic carbocycles. The van der Waals surface area contributed by atoms with Gasteiger partial charge >= 0.3 is 0 Å². The number of carbonyl (C=O) groups excluding carboxylic acids is 1. The molecule has 0 bridgehead atoms. The van der Waals surface area contributed by atoms with Gasteiger partial charge in [0, 0.05) is 30.0 Å². The van der Waals surface area contributed by atoms with Crippen LogP contribution in [0.5, 0.6) is 0 Å². The highest BCUT2D eigenvalue weighted by Crippen LogP contribution is 2.31. The van der Waals surface area contributed by atoms with Crippen molar-refractivity contribution in [1.29, 1.82) is 0 Å². The standard InChI is InChI=1S/C23H25FN4O2/c1-15(16-8-10-17(11-9-16)20-21(29)23(2,3)30-27-20)28(18-6-4-12-25-14-18)22-19(24)7-5-13-26-22/h5,7-11,13,18,25H,1,4,6,12,14H2,2-3H3. The zero-order valence-corrected chi connectivity index (χ0v) is 17.2. The van der Waals surface area contributed by atoms with Gasteiger partial charge in [-0.25, -0.2) is 9.37 Å². The Bertz CT molecular complexity index is 995. The summed E-state index contributed by atoms with van der Waals surface area (Å²) < 4.78 is 14.6. The van der Waals surface area contributed by atoms with Gasteiger partial charge in [0.25, 0.3) is 0 Å². The zero-order valence-electron chi connectivity index (χ0n) is 17.2. The Morgan fingerprint density at radius 2 is 2.07 bits per heavy atom. The van der Waals surface area contributed by atoms with Crippen LogP contribution in [0, 0.1) is 5.82 Å². The summed E-state index contributed by atoms with van der Waals surface area (Å²) in [5.41, 5.74) is 1.52. The number of nitrogens with zero attached hydrogens (tertiary/aromatic N) is 3. The Morgan fingerprint density at radius 3 is 2.67 bits per heavy atom. The quantitative estimate of drug-likeness (QED) is 0.820. The molecule has 7 heteroatoms. The first-order valence-corrected chi connectivity index (χ1v) is 10.1. The number of ketones is 1. The van der Waals surface area contributed by atoms with E-state index in [1.165, 1.54) is 6.07 Å². The summed E-state index contributed by atoms with van der Waals surface area (Å²) in [5, 5.41) is 7.32. The minimum atomic E-state index is -0.946. The average molecular weight is 408 g/mol. The topological polar surface area (TPSA) is 66.8 Å². The Morgan fingerprint density at radius 1 is 1.30 bits per heavy atom. The van der Waals surface area contributed by atoms with Crippen LogP contribution in [0.4, 0.5) is 10.2 Å². The maximum Gasteiger partial charge on any atom is 0.230 e. The number of rotatable bonds is 5. The van der Waals surface area contributed by atoms with Crippen LogP contribution in [0.25, 0.3) is 5.70 Å². The first-order chi connectivity index (χ1) is 14.4. The van der Waals surface area contributed by atoms with Crippen molar-refractivity contribution in [2.24, 2.45) is 5.16 Å². The van der Waals surface area contributed by atoms with Crippen molar-refractivity contribution < 1.29 is 14.0 Å². The number of Topliss-reactive ketones (excluding diaryl/α,β-unsaturated/α-hetero) is 1. The summed E-state index contributed by atoms with van der Waals surface area (Å²) in [7, 11) is 0. The number of aromatic nitrogens is 1. The summed E-state index contributed by atoms with van der Waals surface area (Å²) in [6.07, 6.45) is 3.50. The number of nitrogens with one attached hydrogen (secondary N) is 1. The highest BCUT2D eigenvalue weighted by atomic mass is 19.1. The number of hydrogen-bond donors (Lipinski definition) is 1. The van der Waals surface area contributed by atoms with Crippen molar-refractivity contribution in [1.82, 2.24) is 10.3 Å². The summed E-state index contributed by atoms with van der Waals surface area (Å²) in [6.45, 7) is 9.32. The Hall–Kier alpha value is -3.06. The Balaban J connectivity index is 1.63. The normalized spacial score (nSPS) is 20.4. The fraction of sp³-hybridized carbons (Fsp3) is 0.348. The van der Waals surface area contributed by atoms with Gasteiger partial charge in [-0.3, -0.25) is 4.79 Å². The van der Waals surface area contributed by atoms with Crippen molar-refractivity contribution in [3.05, 3.63) is 66.1 Å². The smallest absolute Gasteiger partial charge is 0.230 e. The molecule has 1 unspecified atom stereocenters. The number of pyridine rings is 1. The number of benzene rings is 1. The van der Waals surface area contributed by atoms with Crippen molar-refractivity contribution in [3.63, 3.8) is 0 Å². The summed E-state index contributed by atoms with van der Waals surface area (Å²) >= 11 is 0. The molecule has 0 radical (unpaired) electrons. The van der Waals surface area contributed by atoms with E-state index in [4.69, 9.17) is 4.84 Å². The lowest BCUT2D eigenvalue weighted by atomic mass is 9.95. The lowest BCUT2D eigenvalue weighted by molar-refractivity contribution is -0.128. The fourth-order valence-corrected chi connectivity index (χ4v) is 3.80. The van der Waals surface area contributed by atoms with Crippen molar-refractivity contribution >= 4 is 23.0 Å². The minimum absolute atomic E-state index is 0.0466. The van der Waals surface area contributed by atoms with Crippen molar-refractivity contribution in [2.45, 2.75) is 38.3 Å². The molecule has 2 aliphatic heterocycles. The molecule has 0 amide bonds. The van der Waals surface area contributed by atoms with Gasteiger partial charge in [0.05, 0.1) is 0 Å². The van der Waals surface area contributed by atoms with E-state index >= 15 is 0 Å². The van der Waals surface area contributed by atoms with E-state index in [0.717, 1.165) is 31.5 Å². The molecule has 0 spiro atoms. The SMILES string of the molecule is C=C(c1ccc(C2=NOC(C)(C)C2=O)cc1)N(c1ncccc1F)C1CCCNC1. The van der Waals surface area contributed by atoms with Crippen LogP contribution in [-0.2, 0) is 9.63 Å². The third-order valence-electron chi connectivity index (χ3n) is 5.51. The van der Waals surface area contributed by atoms with Crippen LogP contribution in [0.15, 0.2) is 54.3 Å². The number of oxime groups is 1. The van der Waals surface area contributed by atoms with Crippen LogP contribution in [0.3, 0.4) is 0 Å². The number of piperidine rings is 1. The molecule has 1 atom stereocenters. The number of hydrogen-bond acceptors (Lipinski definition) is 6. The van der Waals surface area contributed by atoms with Crippen molar-refractivity contribution in [3.8, 4) is 0 Å². The van der Waals surface area contributed by atoms with Crippen LogP contribution in [-0.4, -0.2) is 41.2 Å². The van der Waals surface area contributed by atoms with Gasteiger partial charge in [0.15, 0.2) is 22.9 Å². The van der Waals surface area contributed by atoms with Gasteiger partial charge in [0.2, 0.25) is 5.78 Å². The van der Waals surface area contributed by atoms with E-state index in [1.54, 1.807) is 26.1 Å². The van der Waals surface area contributed by atoms with E-state index in [0.29, 0.717) is 17.0 Å². The molecular weight excluding hydrogens is 383 g/mol. The molecule has 4 rings (SSSR count). The van der Waals surface area contributed by atoms with Gasteiger partial charge in [-0.15, -0.1) is 0 Å². The Kier molecular flexibility index (Phi) is 5.39. The molecule has 0 saturated carbocycles. The second-order valence-electron chi connectivity index (χ2n) is 8.07. The van der Waals surface area contributed by atoms with E-state index in [2.05, 4.69) is 22.0 Å². The predicted molar refractivity (Wildman–Crippen MR) is 115 cm³/mol. The van der Waals surface area contributed by atoms with E-state index in [-0.39, 0.29) is 23.5 Å². The second-order valence-corrected chi connectivity index (χ2v) is 8.07. The number of anilines is 1. The van der Waals surface area contributed by atoms with Crippen LogP contribution in [0.2, 0.25) is 0 Å². The monoisotopic (exact) mass is 408 g/mol. The van der Waals surface area contributed by atoms with Crippen molar-refractivity contribution in [2.75, 3.05) is 18.0 Å². The molecule has 156 valence electrons. The van der Waals surface area contributed by atoms with E-state index in [1.807, 2.05) is 29.2 Å². The molecule has 1 N–H and O–H groups in total. The maximum absolute atomic E-state index is 14.6. The summed E-state index contributed by atoms with van der Waals surface area (Å²) in [6, 6.07) is 10.4. The molecular formula is C23H25FN4O2. The molecule has 3 heterocycles. The highest BCUT2D eigenvalue weighted by Gasteiger charge is 2.40. The number of halogens is 1. The molecule has 1 saturated heterocycles. The third kappa shape index (κ3) is 3.73. The molecule has 1 aromatic carbocycles. The van der Waals surface area contributed by atoms with E-state index in [9.17, 15) is 9.18 Å². The second kappa shape index (κ2) is 7.99. The zero-order chi connectivity index (χ0) is 21.3. The van der Waals surface area contributed by atoms with Gasteiger partial charge in [-0.1, -0.05) is 36.0 Å². The largest absolute Gasteiger partial charge is 0.381 e.